The number of benzene rings is 2. The second-order valence-electron chi connectivity index (χ2n) is 7.45. The van der Waals surface area contributed by atoms with Crippen LogP contribution >= 0.6 is 0 Å². The predicted molar refractivity (Wildman–Crippen MR) is 110 cm³/mol. The van der Waals surface area contributed by atoms with E-state index >= 15 is 0 Å². The van der Waals surface area contributed by atoms with Gasteiger partial charge in [-0.1, -0.05) is 42.5 Å². The molecular formula is C23H21FN4O. The number of rotatable bonds is 4. The van der Waals surface area contributed by atoms with Gasteiger partial charge in [0.05, 0.1) is 5.69 Å². The van der Waals surface area contributed by atoms with Gasteiger partial charge in [0.1, 0.15) is 11.5 Å². The summed E-state index contributed by atoms with van der Waals surface area (Å²) in [4.78, 5) is 22.6. The minimum absolute atomic E-state index is 0.230. The van der Waals surface area contributed by atoms with Gasteiger partial charge in [-0.15, -0.1) is 0 Å². The normalized spacial score (nSPS) is 14.2. The molecule has 0 radical (unpaired) electrons. The Morgan fingerprint density at radius 1 is 1.07 bits per heavy atom. The molecule has 5 rings (SSSR count). The van der Waals surface area contributed by atoms with E-state index in [4.69, 9.17) is 0 Å². The van der Waals surface area contributed by atoms with Crippen molar-refractivity contribution in [3.8, 4) is 11.3 Å². The molecule has 0 unspecified atom stereocenters. The standard InChI is InChI=1S/C23H21FN4O/c24-19-9-5-4-8-17(19)21-15-28-22(25-21)18-14-27(13-11-20(18)26-23(28)29)12-10-16-6-2-1-3-7-16/h1-9,15H,10-14H2,(H,26,29). The van der Waals surface area contributed by atoms with Crippen molar-refractivity contribution >= 4 is 5.65 Å². The highest BCUT2D eigenvalue weighted by atomic mass is 19.1. The summed E-state index contributed by atoms with van der Waals surface area (Å²) in [5.74, 6) is -0.342. The molecule has 3 heterocycles. The molecule has 1 N–H and O–H groups in total. The summed E-state index contributed by atoms with van der Waals surface area (Å²) in [5, 5.41) is 0. The van der Waals surface area contributed by atoms with E-state index in [1.807, 2.05) is 6.07 Å². The number of hydrogen-bond acceptors (Lipinski definition) is 3. The van der Waals surface area contributed by atoms with Crippen LogP contribution in [0.1, 0.15) is 16.8 Å². The SMILES string of the molecule is O=c1[nH]c2c(c3nc(-c4ccccc4F)cn13)CN(CCc1ccccc1)CC2. The Balaban J connectivity index is 1.48. The fourth-order valence-corrected chi connectivity index (χ4v) is 4.02. The highest BCUT2D eigenvalue weighted by molar-refractivity contribution is 5.65. The quantitative estimate of drug-likeness (QED) is 0.583. The van der Waals surface area contributed by atoms with Crippen LogP contribution in [-0.4, -0.2) is 32.4 Å². The van der Waals surface area contributed by atoms with E-state index in [0.29, 0.717) is 16.9 Å². The number of imidazole rings is 1. The maximum atomic E-state index is 14.2. The van der Waals surface area contributed by atoms with Crippen LogP contribution in [0.4, 0.5) is 4.39 Å². The van der Waals surface area contributed by atoms with Gasteiger partial charge >= 0.3 is 5.69 Å². The summed E-state index contributed by atoms with van der Waals surface area (Å²) in [5.41, 5.74) is 4.53. The molecule has 2 aromatic carbocycles. The molecule has 6 heteroatoms. The van der Waals surface area contributed by atoms with Crippen LogP contribution in [0.2, 0.25) is 0 Å². The summed E-state index contributed by atoms with van der Waals surface area (Å²) in [7, 11) is 0. The Kier molecular flexibility index (Phi) is 4.48. The number of H-pyrrole nitrogens is 1. The first-order chi connectivity index (χ1) is 14.2. The largest absolute Gasteiger partial charge is 0.331 e. The van der Waals surface area contributed by atoms with Crippen LogP contribution in [0.3, 0.4) is 0 Å². The van der Waals surface area contributed by atoms with E-state index in [9.17, 15) is 9.18 Å². The summed E-state index contributed by atoms with van der Waals surface area (Å²) in [6.07, 6.45) is 3.37. The number of aromatic amines is 1. The zero-order chi connectivity index (χ0) is 19.8. The highest BCUT2D eigenvalue weighted by Gasteiger charge is 2.22. The van der Waals surface area contributed by atoms with E-state index in [0.717, 1.165) is 43.7 Å². The van der Waals surface area contributed by atoms with E-state index in [2.05, 4.69) is 39.1 Å². The van der Waals surface area contributed by atoms with Crippen molar-refractivity contribution in [2.45, 2.75) is 19.4 Å². The van der Waals surface area contributed by atoms with Crippen molar-refractivity contribution in [2.75, 3.05) is 13.1 Å². The van der Waals surface area contributed by atoms with Crippen LogP contribution in [0, 0.1) is 5.82 Å². The zero-order valence-electron chi connectivity index (χ0n) is 15.9. The van der Waals surface area contributed by atoms with Gasteiger partial charge in [-0.3, -0.25) is 9.30 Å². The molecular weight excluding hydrogens is 367 g/mol. The van der Waals surface area contributed by atoms with Gasteiger partial charge in [-0.05, 0) is 24.1 Å². The third-order valence-corrected chi connectivity index (χ3v) is 5.59. The summed E-state index contributed by atoms with van der Waals surface area (Å²) < 4.78 is 15.7. The van der Waals surface area contributed by atoms with Crippen molar-refractivity contribution < 1.29 is 4.39 Å². The summed E-state index contributed by atoms with van der Waals surface area (Å²) in [6, 6.07) is 16.9. The monoisotopic (exact) mass is 388 g/mol. The van der Waals surface area contributed by atoms with E-state index < -0.39 is 0 Å². The first kappa shape index (κ1) is 17.8. The molecule has 4 aromatic rings. The number of halogens is 1. The lowest BCUT2D eigenvalue weighted by atomic mass is 10.1. The van der Waals surface area contributed by atoms with Crippen molar-refractivity contribution in [1.29, 1.82) is 0 Å². The number of fused-ring (bicyclic) bond motifs is 3. The lowest BCUT2D eigenvalue weighted by molar-refractivity contribution is 0.255. The van der Waals surface area contributed by atoms with Crippen LogP contribution in [-0.2, 0) is 19.4 Å². The van der Waals surface area contributed by atoms with Crippen LogP contribution in [0.25, 0.3) is 16.9 Å². The second-order valence-corrected chi connectivity index (χ2v) is 7.45. The molecule has 1 aliphatic rings. The van der Waals surface area contributed by atoms with Crippen molar-refractivity contribution in [3.63, 3.8) is 0 Å². The Hall–Kier alpha value is -3.25. The molecule has 0 atom stereocenters. The van der Waals surface area contributed by atoms with Gasteiger partial charge in [-0.25, -0.2) is 14.2 Å². The summed E-state index contributed by atoms with van der Waals surface area (Å²) >= 11 is 0. The average molecular weight is 388 g/mol. The number of aromatic nitrogens is 3. The Labute approximate surface area is 167 Å². The van der Waals surface area contributed by atoms with E-state index in [-0.39, 0.29) is 11.5 Å². The highest BCUT2D eigenvalue weighted by Crippen LogP contribution is 2.25. The molecule has 5 nitrogen and oxygen atoms in total. The first-order valence-electron chi connectivity index (χ1n) is 9.83. The second kappa shape index (κ2) is 7.29. The Morgan fingerprint density at radius 3 is 2.69 bits per heavy atom. The Bertz CT molecular complexity index is 1230. The van der Waals surface area contributed by atoms with Crippen molar-refractivity contribution in [1.82, 2.24) is 19.3 Å². The molecule has 0 saturated carbocycles. The molecule has 0 spiro atoms. The molecule has 0 bridgehead atoms. The molecule has 0 saturated heterocycles. The molecule has 146 valence electrons. The third kappa shape index (κ3) is 3.36. The van der Waals surface area contributed by atoms with Crippen LogP contribution in [0.5, 0.6) is 0 Å². The van der Waals surface area contributed by atoms with Crippen LogP contribution in [0.15, 0.2) is 65.6 Å². The fourth-order valence-electron chi connectivity index (χ4n) is 4.02. The number of nitrogens with zero attached hydrogens (tertiary/aromatic N) is 3. The summed E-state index contributed by atoms with van der Waals surface area (Å²) in [6.45, 7) is 2.55. The minimum Gasteiger partial charge on any atom is -0.310 e. The lowest BCUT2D eigenvalue weighted by Gasteiger charge is -2.28. The zero-order valence-corrected chi connectivity index (χ0v) is 15.9. The molecule has 0 fully saturated rings. The van der Waals surface area contributed by atoms with E-state index in [1.165, 1.54) is 16.0 Å². The van der Waals surface area contributed by atoms with Gasteiger partial charge in [-0.2, -0.15) is 0 Å². The van der Waals surface area contributed by atoms with Crippen LogP contribution < -0.4 is 5.69 Å². The van der Waals surface area contributed by atoms with Crippen molar-refractivity contribution in [3.05, 3.63) is 93.9 Å². The smallest absolute Gasteiger partial charge is 0.310 e. The minimum atomic E-state index is -0.342. The molecule has 1 aliphatic heterocycles. The number of nitrogens with one attached hydrogen (secondary N) is 1. The van der Waals surface area contributed by atoms with Gasteiger partial charge in [0.25, 0.3) is 0 Å². The van der Waals surface area contributed by atoms with Gasteiger partial charge < -0.3 is 4.98 Å². The maximum absolute atomic E-state index is 14.2. The van der Waals surface area contributed by atoms with Gasteiger partial charge in [0.2, 0.25) is 0 Å². The Morgan fingerprint density at radius 2 is 1.86 bits per heavy atom. The lowest BCUT2D eigenvalue weighted by Crippen LogP contribution is -2.35. The maximum Gasteiger partial charge on any atom is 0.331 e. The topological polar surface area (TPSA) is 53.4 Å². The number of hydrogen-bond donors (Lipinski definition) is 1. The molecule has 0 amide bonds. The fraction of sp³-hybridized carbons (Fsp3) is 0.217. The average Bonchev–Trinajstić information content (AvgIpc) is 3.20. The molecule has 29 heavy (non-hydrogen) atoms. The molecule has 2 aromatic heterocycles. The molecule has 0 aliphatic carbocycles. The van der Waals surface area contributed by atoms with Crippen molar-refractivity contribution in [2.24, 2.45) is 0 Å². The van der Waals surface area contributed by atoms with Gasteiger partial charge in [0, 0.05) is 49.1 Å². The van der Waals surface area contributed by atoms with E-state index in [1.54, 1.807) is 24.4 Å². The first-order valence-corrected chi connectivity index (χ1v) is 9.83. The third-order valence-electron chi connectivity index (χ3n) is 5.59. The van der Waals surface area contributed by atoms with Gasteiger partial charge in [0.15, 0.2) is 0 Å². The predicted octanol–water partition coefficient (Wildman–Crippen LogP) is 3.43.